The van der Waals surface area contributed by atoms with Crippen LogP contribution >= 0.6 is 0 Å². The molecule has 0 fully saturated rings. The van der Waals surface area contributed by atoms with Gasteiger partial charge in [0.2, 0.25) is 17.5 Å². The van der Waals surface area contributed by atoms with E-state index in [0.29, 0.717) is 17.5 Å². The summed E-state index contributed by atoms with van der Waals surface area (Å²) >= 11 is 0. The van der Waals surface area contributed by atoms with Crippen LogP contribution in [0, 0.1) is 24.1 Å². The Morgan fingerprint density at radius 1 is 1.03 bits per heavy atom. The Morgan fingerprint density at radius 3 is 2.50 bits per heavy atom. The number of hydrogen-bond acceptors (Lipinski definition) is 6. The van der Waals surface area contributed by atoms with Crippen molar-refractivity contribution >= 4 is 22.5 Å². The van der Waals surface area contributed by atoms with E-state index < -0.39 is 0 Å². The first-order chi connectivity index (χ1) is 16.5. The minimum Gasteiger partial charge on any atom is -0.493 e. The van der Waals surface area contributed by atoms with Crippen LogP contribution in [0.3, 0.4) is 0 Å². The average Bonchev–Trinajstić information content (AvgIpc) is 3.38. The molecular weight excluding hydrogens is 433 g/mol. The summed E-state index contributed by atoms with van der Waals surface area (Å²) < 4.78 is 20.7. The monoisotopic (exact) mass is 451 g/mol. The summed E-state index contributed by atoms with van der Waals surface area (Å²) in [6.45, 7) is 2.28. The highest BCUT2D eigenvalue weighted by molar-refractivity contribution is 5.95. The predicted molar refractivity (Wildman–Crippen MR) is 125 cm³/mol. The van der Waals surface area contributed by atoms with E-state index in [1.54, 1.807) is 16.7 Å². The molecule has 0 saturated carbocycles. The number of nitriles is 1. The molecule has 8 heteroatoms. The molecule has 0 aliphatic carbocycles. The lowest BCUT2D eigenvalue weighted by molar-refractivity contribution is 0.429. The molecule has 3 aromatic carbocycles. The van der Waals surface area contributed by atoms with Crippen LogP contribution in [0.4, 0.5) is 16.0 Å². The van der Waals surface area contributed by atoms with E-state index >= 15 is 0 Å². The number of hydrogen-bond donors (Lipinski definition) is 1. The highest BCUT2D eigenvalue weighted by Gasteiger charge is 2.18. The topological polar surface area (TPSA) is 99.7 Å². The van der Waals surface area contributed by atoms with Crippen LogP contribution in [0.1, 0.15) is 16.8 Å². The molecule has 7 nitrogen and oxygen atoms in total. The molecule has 5 aromatic rings. The molecule has 0 unspecified atom stereocenters. The molecule has 0 saturated heterocycles. The normalized spacial score (nSPS) is 11.3. The van der Waals surface area contributed by atoms with Gasteiger partial charge in [0.25, 0.3) is 5.88 Å². The number of oxazole rings is 1. The van der Waals surface area contributed by atoms with E-state index in [0.717, 1.165) is 16.6 Å². The van der Waals surface area contributed by atoms with Gasteiger partial charge in [-0.3, -0.25) is 0 Å². The second-order valence-corrected chi connectivity index (χ2v) is 7.75. The van der Waals surface area contributed by atoms with E-state index in [-0.39, 0.29) is 34.9 Å². The van der Waals surface area contributed by atoms with Crippen LogP contribution in [0.25, 0.3) is 22.4 Å². The molecule has 0 aliphatic rings. The molecule has 2 heterocycles. The summed E-state index contributed by atoms with van der Waals surface area (Å²) in [6, 6.07) is 22.9. The Balaban J connectivity index is 1.54. The molecule has 0 aliphatic heterocycles. The minimum atomic E-state index is -0.329. The van der Waals surface area contributed by atoms with Gasteiger partial charge < -0.3 is 14.1 Å². The number of rotatable bonds is 5. The van der Waals surface area contributed by atoms with E-state index in [9.17, 15) is 14.8 Å². The third kappa shape index (κ3) is 3.91. The number of aryl methyl sites for hydroxylation is 1. The van der Waals surface area contributed by atoms with E-state index in [1.807, 2.05) is 61.5 Å². The van der Waals surface area contributed by atoms with Gasteiger partial charge in [0, 0.05) is 10.9 Å². The number of halogens is 1. The number of aromatic nitrogens is 2. The van der Waals surface area contributed by atoms with Crippen molar-refractivity contribution in [3.63, 3.8) is 0 Å². The Kier molecular flexibility index (Phi) is 5.36. The highest BCUT2D eigenvalue weighted by Crippen LogP contribution is 2.40. The predicted octanol–water partition coefficient (Wildman–Crippen LogP) is 6.78. The Morgan fingerprint density at radius 2 is 1.76 bits per heavy atom. The minimum absolute atomic E-state index is 0.00568. The number of benzene rings is 3. The standard InChI is InChI=1S/C26H18FN5O2/c1-16-6-10-18(11-7-16)24-29-21(14-28)25(34-24)31-30-23-20-4-2-3-5-22(20)32(26(23)33)15-17-8-12-19(27)13-9-17/h2-13,33H,15H2,1H3. The van der Waals surface area contributed by atoms with Gasteiger partial charge in [-0.25, -0.2) is 4.39 Å². The molecule has 2 aromatic heterocycles. The van der Waals surface area contributed by atoms with Crippen LogP contribution in [-0.4, -0.2) is 14.7 Å². The summed E-state index contributed by atoms with van der Waals surface area (Å²) in [6.07, 6.45) is 0. The molecule has 5 rings (SSSR count). The zero-order valence-corrected chi connectivity index (χ0v) is 18.1. The summed E-state index contributed by atoms with van der Waals surface area (Å²) in [5.41, 5.74) is 3.57. The number of fused-ring (bicyclic) bond motifs is 1. The van der Waals surface area contributed by atoms with Gasteiger partial charge in [0.15, 0.2) is 5.69 Å². The molecular formula is C26H18FN5O2. The summed E-state index contributed by atoms with van der Waals surface area (Å²) in [5, 5.41) is 29.4. The molecule has 1 N–H and O–H groups in total. The van der Waals surface area contributed by atoms with Crippen LogP contribution in [0.2, 0.25) is 0 Å². The SMILES string of the molecule is Cc1ccc(-c2nc(C#N)c(N=Nc3c(O)n(Cc4ccc(F)cc4)c4ccccc34)o2)cc1. The number of nitrogens with zero attached hydrogens (tertiary/aromatic N) is 5. The molecule has 0 radical (unpaired) electrons. The van der Waals surface area contributed by atoms with Gasteiger partial charge in [-0.2, -0.15) is 10.2 Å². The third-order valence-corrected chi connectivity index (χ3v) is 5.43. The quantitative estimate of drug-likeness (QED) is 0.298. The molecule has 0 spiro atoms. The van der Waals surface area contributed by atoms with E-state index in [1.165, 1.54) is 12.1 Å². The Hall–Kier alpha value is -4.77. The number of para-hydroxylation sites is 1. The molecule has 34 heavy (non-hydrogen) atoms. The van der Waals surface area contributed by atoms with Crippen molar-refractivity contribution in [2.45, 2.75) is 13.5 Å². The first-order valence-corrected chi connectivity index (χ1v) is 10.5. The van der Waals surface area contributed by atoms with Crippen molar-refractivity contribution in [3.05, 3.63) is 95.4 Å². The van der Waals surface area contributed by atoms with Crippen molar-refractivity contribution in [2.75, 3.05) is 0 Å². The molecule has 0 amide bonds. The molecule has 166 valence electrons. The van der Waals surface area contributed by atoms with Crippen molar-refractivity contribution in [1.29, 1.82) is 5.26 Å². The Bertz CT molecular complexity index is 1560. The first kappa shape index (κ1) is 21.1. The van der Waals surface area contributed by atoms with Crippen molar-refractivity contribution in [3.8, 4) is 23.4 Å². The second-order valence-electron chi connectivity index (χ2n) is 7.75. The fourth-order valence-corrected chi connectivity index (χ4v) is 3.67. The van der Waals surface area contributed by atoms with Crippen LogP contribution < -0.4 is 0 Å². The highest BCUT2D eigenvalue weighted by atomic mass is 19.1. The van der Waals surface area contributed by atoms with E-state index in [2.05, 4.69) is 15.2 Å². The fourth-order valence-electron chi connectivity index (χ4n) is 3.67. The molecule has 0 bridgehead atoms. The van der Waals surface area contributed by atoms with Gasteiger partial charge in [-0.05, 0) is 42.8 Å². The fraction of sp³-hybridized carbons (Fsp3) is 0.0769. The number of aromatic hydroxyl groups is 1. The van der Waals surface area contributed by atoms with Gasteiger partial charge in [-0.1, -0.05) is 48.0 Å². The van der Waals surface area contributed by atoms with Gasteiger partial charge in [0.05, 0.1) is 12.1 Å². The van der Waals surface area contributed by atoms with Crippen LogP contribution in [0.5, 0.6) is 5.88 Å². The summed E-state index contributed by atoms with van der Waals surface area (Å²) in [4.78, 5) is 4.21. The Labute approximate surface area is 194 Å². The molecule has 0 atom stereocenters. The second kappa shape index (κ2) is 8.64. The lowest BCUT2D eigenvalue weighted by Gasteiger charge is -2.07. The van der Waals surface area contributed by atoms with Gasteiger partial charge in [0.1, 0.15) is 11.9 Å². The van der Waals surface area contributed by atoms with Gasteiger partial charge in [-0.15, -0.1) is 10.2 Å². The van der Waals surface area contributed by atoms with Crippen molar-refractivity contribution < 1.29 is 13.9 Å². The zero-order valence-electron chi connectivity index (χ0n) is 18.1. The lowest BCUT2D eigenvalue weighted by Crippen LogP contribution is -1.98. The summed E-state index contributed by atoms with van der Waals surface area (Å²) in [7, 11) is 0. The average molecular weight is 451 g/mol. The third-order valence-electron chi connectivity index (χ3n) is 5.43. The van der Waals surface area contributed by atoms with Crippen molar-refractivity contribution in [2.24, 2.45) is 10.2 Å². The van der Waals surface area contributed by atoms with Crippen LogP contribution in [-0.2, 0) is 6.54 Å². The van der Waals surface area contributed by atoms with Crippen LogP contribution in [0.15, 0.2) is 87.4 Å². The smallest absolute Gasteiger partial charge is 0.277 e. The van der Waals surface area contributed by atoms with E-state index in [4.69, 9.17) is 4.42 Å². The maximum atomic E-state index is 13.3. The maximum Gasteiger partial charge on any atom is 0.277 e. The van der Waals surface area contributed by atoms with Crippen molar-refractivity contribution in [1.82, 2.24) is 9.55 Å². The first-order valence-electron chi connectivity index (χ1n) is 10.5. The van der Waals surface area contributed by atoms with Gasteiger partial charge >= 0.3 is 0 Å². The summed E-state index contributed by atoms with van der Waals surface area (Å²) in [5.74, 6) is -0.224. The maximum absolute atomic E-state index is 13.3. The number of azo groups is 1. The zero-order chi connectivity index (χ0) is 23.7. The largest absolute Gasteiger partial charge is 0.493 e. The lowest BCUT2D eigenvalue weighted by atomic mass is 10.1.